The molecule has 2 heteroatoms. The standard InChI is InChI=1S/C27H27N2/c1-16-8-7-9-24-19(16)12-13-25(29(24)6)21-15-23-22(14-17(21)2)20-11-10-18(3)28-26(20)27(23,4)5/h7-15H,1-6H3/q+1. The van der Waals surface area contributed by atoms with Crippen molar-refractivity contribution in [1.29, 1.82) is 0 Å². The normalized spacial score (nSPS) is 14.1. The number of hydrogen-bond donors (Lipinski definition) is 0. The predicted octanol–water partition coefficient (Wildman–Crippen LogP) is 5.96. The zero-order valence-electron chi connectivity index (χ0n) is 18.1. The van der Waals surface area contributed by atoms with E-state index in [9.17, 15) is 0 Å². The van der Waals surface area contributed by atoms with E-state index in [0.29, 0.717) is 0 Å². The van der Waals surface area contributed by atoms with E-state index >= 15 is 0 Å². The van der Waals surface area contributed by atoms with Crippen molar-refractivity contribution in [3.63, 3.8) is 0 Å². The summed E-state index contributed by atoms with van der Waals surface area (Å²) in [4.78, 5) is 4.92. The van der Waals surface area contributed by atoms with Gasteiger partial charge in [-0.05, 0) is 61.2 Å². The molecular weight excluding hydrogens is 352 g/mol. The number of nitrogens with zero attached hydrogens (tertiary/aromatic N) is 2. The lowest BCUT2D eigenvalue weighted by molar-refractivity contribution is -0.633. The number of pyridine rings is 2. The molecule has 0 unspecified atom stereocenters. The molecule has 0 N–H and O–H groups in total. The van der Waals surface area contributed by atoms with Crippen molar-refractivity contribution in [3.8, 4) is 22.4 Å². The molecule has 0 fully saturated rings. The van der Waals surface area contributed by atoms with Crippen molar-refractivity contribution < 1.29 is 4.57 Å². The first-order chi connectivity index (χ1) is 13.8. The van der Waals surface area contributed by atoms with Crippen LogP contribution in [0.15, 0.2) is 54.6 Å². The van der Waals surface area contributed by atoms with Crippen LogP contribution in [0.4, 0.5) is 0 Å². The lowest BCUT2D eigenvalue weighted by atomic mass is 9.83. The molecule has 0 bridgehead atoms. The summed E-state index contributed by atoms with van der Waals surface area (Å²) in [6.45, 7) is 11.1. The molecule has 0 atom stereocenters. The van der Waals surface area contributed by atoms with Crippen LogP contribution in [0, 0.1) is 20.8 Å². The van der Waals surface area contributed by atoms with Crippen LogP contribution in [0.2, 0.25) is 0 Å². The van der Waals surface area contributed by atoms with Gasteiger partial charge in [-0.15, -0.1) is 0 Å². The Balaban J connectivity index is 1.77. The van der Waals surface area contributed by atoms with Crippen molar-refractivity contribution in [3.05, 3.63) is 82.7 Å². The number of rotatable bonds is 1. The summed E-state index contributed by atoms with van der Waals surface area (Å²) >= 11 is 0. The molecule has 29 heavy (non-hydrogen) atoms. The Morgan fingerprint density at radius 3 is 2.38 bits per heavy atom. The van der Waals surface area contributed by atoms with Gasteiger partial charge in [-0.3, -0.25) is 4.98 Å². The summed E-state index contributed by atoms with van der Waals surface area (Å²) in [6.07, 6.45) is 0. The maximum Gasteiger partial charge on any atom is 0.213 e. The van der Waals surface area contributed by atoms with Crippen molar-refractivity contribution in [2.75, 3.05) is 0 Å². The minimum Gasteiger partial charge on any atom is -0.257 e. The van der Waals surface area contributed by atoms with Crippen LogP contribution in [0.5, 0.6) is 0 Å². The smallest absolute Gasteiger partial charge is 0.213 e. The number of benzene rings is 2. The minimum atomic E-state index is -0.0921. The van der Waals surface area contributed by atoms with Crippen LogP contribution in [0.3, 0.4) is 0 Å². The highest BCUT2D eigenvalue weighted by Crippen LogP contribution is 2.49. The van der Waals surface area contributed by atoms with Gasteiger partial charge in [0.05, 0.1) is 5.69 Å². The molecule has 0 amide bonds. The first-order valence-corrected chi connectivity index (χ1v) is 10.3. The summed E-state index contributed by atoms with van der Waals surface area (Å²) in [5, 5.41) is 1.31. The maximum atomic E-state index is 4.92. The lowest BCUT2D eigenvalue weighted by Gasteiger charge is -2.21. The Hall–Kier alpha value is -3.00. The summed E-state index contributed by atoms with van der Waals surface area (Å²) in [7, 11) is 2.18. The maximum absolute atomic E-state index is 4.92. The summed E-state index contributed by atoms with van der Waals surface area (Å²) in [6, 6.07) is 20.2. The molecule has 0 radical (unpaired) electrons. The van der Waals surface area contributed by atoms with E-state index in [-0.39, 0.29) is 5.41 Å². The molecule has 0 saturated carbocycles. The fourth-order valence-corrected chi connectivity index (χ4v) is 4.95. The quantitative estimate of drug-likeness (QED) is 0.373. The third-order valence-electron chi connectivity index (χ3n) is 6.66. The zero-order chi connectivity index (χ0) is 20.5. The van der Waals surface area contributed by atoms with Gasteiger partial charge in [0.15, 0.2) is 0 Å². The van der Waals surface area contributed by atoms with Gasteiger partial charge in [0, 0.05) is 39.8 Å². The third kappa shape index (κ3) is 2.48. The molecule has 0 aliphatic heterocycles. The highest BCUT2D eigenvalue weighted by Gasteiger charge is 2.38. The Labute approximate surface area is 172 Å². The van der Waals surface area contributed by atoms with E-state index in [1.54, 1.807) is 0 Å². The highest BCUT2D eigenvalue weighted by atomic mass is 14.9. The fraction of sp³-hybridized carbons (Fsp3) is 0.259. The Morgan fingerprint density at radius 2 is 1.59 bits per heavy atom. The number of aromatic nitrogens is 2. The van der Waals surface area contributed by atoms with Crippen LogP contribution in [0.25, 0.3) is 33.3 Å². The molecular formula is C27H27N2+. The van der Waals surface area contributed by atoms with Crippen molar-refractivity contribution in [2.24, 2.45) is 7.05 Å². The van der Waals surface area contributed by atoms with E-state index in [1.807, 2.05) is 0 Å². The molecule has 0 saturated heterocycles. The van der Waals surface area contributed by atoms with Gasteiger partial charge in [0.1, 0.15) is 7.05 Å². The van der Waals surface area contributed by atoms with E-state index < -0.39 is 0 Å². The van der Waals surface area contributed by atoms with Crippen molar-refractivity contribution in [2.45, 2.75) is 40.0 Å². The summed E-state index contributed by atoms with van der Waals surface area (Å²) in [5.41, 5.74) is 12.6. The lowest BCUT2D eigenvalue weighted by Crippen LogP contribution is -2.32. The van der Waals surface area contributed by atoms with Crippen LogP contribution in [-0.2, 0) is 12.5 Å². The molecule has 2 nitrogen and oxygen atoms in total. The second-order valence-corrected chi connectivity index (χ2v) is 8.97. The van der Waals surface area contributed by atoms with E-state index in [0.717, 1.165) is 5.69 Å². The Bertz CT molecular complexity index is 1310. The Morgan fingerprint density at radius 1 is 0.793 bits per heavy atom. The third-order valence-corrected chi connectivity index (χ3v) is 6.66. The number of aryl methyl sites for hydroxylation is 4. The first kappa shape index (κ1) is 18.1. The van der Waals surface area contributed by atoms with Gasteiger partial charge >= 0.3 is 0 Å². The van der Waals surface area contributed by atoms with Gasteiger partial charge in [0.25, 0.3) is 0 Å². The summed E-state index contributed by atoms with van der Waals surface area (Å²) in [5.74, 6) is 0. The molecule has 1 aliphatic carbocycles. The molecule has 0 spiro atoms. The van der Waals surface area contributed by atoms with Crippen LogP contribution >= 0.6 is 0 Å². The van der Waals surface area contributed by atoms with E-state index in [2.05, 4.69) is 101 Å². The monoisotopic (exact) mass is 379 g/mol. The SMILES string of the molecule is Cc1ccc2c(n1)C(C)(C)c1cc(-c3ccc4c(C)cccc4[n+]3C)c(C)cc1-2. The largest absolute Gasteiger partial charge is 0.257 e. The van der Waals surface area contributed by atoms with Gasteiger partial charge in [-0.2, -0.15) is 4.57 Å². The zero-order valence-corrected chi connectivity index (χ0v) is 18.1. The first-order valence-electron chi connectivity index (χ1n) is 10.3. The van der Waals surface area contributed by atoms with Crippen LogP contribution in [0.1, 0.15) is 41.9 Å². The van der Waals surface area contributed by atoms with Gasteiger partial charge in [-0.1, -0.05) is 38.1 Å². The van der Waals surface area contributed by atoms with Crippen molar-refractivity contribution in [1.82, 2.24) is 4.98 Å². The Kier molecular flexibility index (Phi) is 3.73. The van der Waals surface area contributed by atoms with Gasteiger partial charge in [-0.25, -0.2) is 0 Å². The minimum absolute atomic E-state index is 0.0921. The topological polar surface area (TPSA) is 16.8 Å². The van der Waals surface area contributed by atoms with Crippen LogP contribution < -0.4 is 4.57 Å². The molecule has 2 aromatic carbocycles. The highest BCUT2D eigenvalue weighted by molar-refractivity contribution is 5.85. The van der Waals surface area contributed by atoms with Crippen molar-refractivity contribution >= 4 is 10.9 Å². The number of hydrogen-bond acceptors (Lipinski definition) is 1. The van der Waals surface area contributed by atoms with E-state index in [1.165, 1.54) is 55.7 Å². The number of fused-ring (bicyclic) bond motifs is 4. The van der Waals surface area contributed by atoms with Gasteiger partial charge < -0.3 is 0 Å². The van der Waals surface area contributed by atoms with E-state index in [4.69, 9.17) is 4.98 Å². The van der Waals surface area contributed by atoms with Gasteiger partial charge in [0.2, 0.25) is 11.2 Å². The molecule has 2 heterocycles. The second-order valence-electron chi connectivity index (χ2n) is 8.97. The van der Waals surface area contributed by atoms with Crippen LogP contribution in [-0.4, -0.2) is 4.98 Å². The second kappa shape index (κ2) is 6.00. The fourth-order valence-electron chi connectivity index (χ4n) is 4.95. The molecule has 1 aliphatic rings. The molecule has 2 aromatic heterocycles. The average Bonchev–Trinajstić information content (AvgIpc) is 2.89. The molecule has 4 aromatic rings. The molecule has 5 rings (SSSR count). The summed E-state index contributed by atoms with van der Waals surface area (Å²) < 4.78 is 2.33. The molecule has 144 valence electrons. The predicted molar refractivity (Wildman–Crippen MR) is 120 cm³/mol. The average molecular weight is 380 g/mol.